The number of hydrogen-bond donors (Lipinski definition) is 2. The summed E-state index contributed by atoms with van der Waals surface area (Å²) in [5.41, 5.74) is 0.503. The van der Waals surface area contributed by atoms with Crippen LogP contribution in [0, 0.1) is 0 Å². The van der Waals surface area contributed by atoms with E-state index in [0.29, 0.717) is 17.8 Å². The van der Waals surface area contributed by atoms with Gasteiger partial charge in [0.1, 0.15) is 5.69 Å². The molecule has 1 aromatic heterocycles. The van der Waals surface area contributed by atoms with Crippen LogP contribution in [0.2, 0.25) is 0 Å². The molecule has 1 aromatic rings. The largest absolute Gasteiger partial charge is 0.348 e. The first-order valence-corrected chi connectivity index (χ1v) is 6.15. The number of nitrogens with one attached hydrogen (secondary N) is 2. The zero-order valence-corrected chi connectivity index (χ0v) is 10.4. The molecule has 1 fully saturated rings. The first-order valence-electron chi connectivity index (χ1n) is 6.15. The van der Waals surface area contributed by atoms with Crippen LogP contribution >= 0.6 is 0 Å². The Balaban J connectivity index is 1.84. The molecule has 0 atom stereocenters. The van der Waals surface area contributed by atoms with Crippen molar-refractivity contribution in [3.8, 4) is 0 Å². The van der Waals surface area contributed by atoms with E-state index in [2.05, 4.69) is 15.6 Å². The van der Waals surface area contributed by atoms with Crippen LogP contribution in [0.25, 0.3) is 0 Å². The van der Waals surface area contributed by atoms with Crippen LogP contribution in [0.15, 0.2) is 12.5 Å². The summed E-state index contributed by atoms with van der Waals surface area (Å²) in [7, 11) is 3.86. The third-order valence-corrected chi connectivity index (χ3v) is 3.41. The van der Waals surface area contributed by atoms with Crippen molar-refractivity contribution < 1.29 is 4.79 Å². The zero-order chi connectivity index (χ0) is 12.3. The summed E-state index contributed by atoms with van der Waals surface area (Å²) in [4.78, 5) is 15.9. The van der Waals surface area contributed by atoms with Gasteiger partial charge in [-0.05, 0) is 32.7 Å². The van der Waals surface area contributed by atoms with Crippen LogP contribution < -0.4 is 10.6 Å². The van der Waals surface area contributed by atoms with Gasteiger partial charge in [-0.15, -0.1) is 0 Å². The monoisotopic (exact) mass is 236 g/mol. The lowest BCUT2D eigenvalue weighted by molar-refractivity contribution is 0.0920. The number of aryl methyl sites for hydroxylation is 1. The Bertz CT molecular complexity index is 380. The molecule has 0 radical (unpaired) electrons. The molecule has 1 aliphatic rings. The van der Waals surface area contributed by atoms with Crippen molar-refractivity contribution in [2.75, 3.05) is 7.05 Å². The standard InChI is InChI=1S/C12H20N4O/c1-13-9-3-5-10(6-4-9)15-12(17)11-7-16(2)8-14-11/h7-10,13H,3-6H2,1-2H3,(H,15,17). The minimum atomic E-state index is -0.0569. The zero-order valence-electron chi connectivity index (χ0n) is 10.4. The third-order valence-electron chi connectivity index (χ3n) is 3.41. The molecular formula is C12H20N4O. The normalized spacial score (nSPS) is 24.6. The predicted octanol–water partition coefficient (Wildman–Crippen LogP) is 0.680. The van der Waals surface area contributed by atoms with Gasteiger partial charge in [0.05, 0.1) is 6.33 Å². The molecule has 1 amide bonds. The fraction of sp³-hybridized carbons (Fsp3) is 0.667. The molecule has 0 bridgehead atoms. The first-order chi connectivity index (χ1) is 8.19. The van der Waals surface area contributed by atoms with Gasteiger partial charge in [0.15, 0.2) is 0 Å². The number of aromatic nitrogens is 2. The quantitative estimate of drug-likeness (QED) is 0.811. The highest BCUT2D eigenvalue weighted by Gasteiger charge is 2.22. The Hall–Kier alpha value is -1.36. The Labute approximate surface area is 102 Å². The number of rotatable bonds is 3. The first kappa shape index (κ1) is 12.1. The van der Waals surface area contributed by atoms with Crippen molar-refractivity contribution in [2.45, 2.75) is 37.8 Å². The van der Waals surface area contributed by atoms with Crippen molar-refractivity contribution >= 4 is 5.91 Å². The topological polar surface area (TPSA) is 58.9 Å². The number of carbonyl (C=O) groups excluding carboxylic acids is 1. The Morgan fingerprint density at radius 3 is 2.53 bits per heavy atom. The van der Waals surface area contributed by atoms with Crippen LogP contribution in [0.5, 0.6) is 0 Å². The van der Waals surface area contributed by atoms with E-state index >= 15 is 0 Å². The molecule has 2 N–H and O–H groups in total. The van der Waals surface area contributed by atoms with E-state index in [0.717, 1.165) is 25.7 Å². The second-order valence-corrected chi connectivity index (χ2v) is 4.74. The highest BCUT2D eigenvalue weighted by atomic mass is 16.2. The summed E-state index contributed by atoms with van der Waals surface area (Å²) in [5, 5.41) is 6.33. The lowest BCUT2D eigenvalue weighted by atomic mass is 9.91. The van der Waals surface area contributed by atoms with Crippen molar-refractivity contribution in [1.29, 1.82) is 0 Å². The highest BCUT2D eigenvalue weighted by molar-refractivity contribution is 5.92. The van der Waals surface area contributed by atoms with Crippen LogP contribution in [0.1, 0.15) is 36.2 Å². The second kappa shape index (κ2) is 5.31. The molecule has 17 heavy (non-hydrogen) atoms. The molecule has 0 spiro atoms. The third kappa shape index (κ3) is 3.06. The maximum Gasteiger partial charge on any atom is 0.271 e. The summed E-state index contributed by atoms with van der Waals surface area (Å²) in [6.07, 6.45) is 7.74. The summed E-state index contributed by atoms with van der Waals surface area (Å²) in [6.45, 7) is 0. The van der Waals surface area contributed by atoms with Gasteiger partial charge in [0.25, 0.3) is 5.91 Å². The van der Waals surface area contributed by atoms with Gasteiger partial charge in [0.2, 0.25) is 0 Å². The van der Waals surface area contributed by atoms with E-state index in [-0.39, 0.29) is 5.91 Å². The molecule has 1 aliphatic carbocycles. The average molecular weight is 236 g/mol. The van der Waals surface area contributed by atoms with E-state index in [1.165, 1.54) is 0 Å². The van der Waals surface area contributed by atoms with Crippen molar-refractivity contribution in [3.63, 3.8) is 0 Å². The van der Waals surface area contributed by atoms with Gasteiger partial charge >= 0.3 is 0 Å². The van der Waals surface area contributed by atoms with Gasteiger partial charge < -0.3 is 15.2 Å². The van der Waals surface area contributed by atoms with Gasteiger partial charge in [0, 0.05) is 25.3 Å². The van der Waals surface area contributed by atoms with Crippen LogP contribution in [-0.4, -0.2) is 34.6 Å². The minimum Gasteiger partial charge on any atom is -0.348 e. The van der Waals surface area contributed by atoms with Gasteiger partial charge in [-0.25, -0.2) is 4.98 Å². The minimum absolute atomic E-state index is 0.0569. The van der Waals surface area contributed by atoms with E-state index in [4.69, 9.17) is 0 Å². The molecule has 5 nitrogen and oxygen atoms in total. The van der Waals surface area contributed by atoms with E-state index in [9.17, 15) is 4.79 Å². The van der Waals surface area contributed by atoms with Crippen molar-refractivity contribution in [2.24, 2.45) is 7.05 Å². The van der Waals surface area contributed by atoms with E-state index < -0.39 is 0 Å². The number of imidazole rings is 1. The van der Waals surface area contributed by atoms with E-state index in [1.807, 2.05) is 14.1 Å². The summed E-state index contributed by atoms with van der Waals surface area (Å²) >= 11 is 0. The SMILES string of the molecule is CNC1CCC(NC(=O)c2cn(C)cn2)CC1. The maximum atomic E-state index is 11.9. The Morgan fingerprint density at radius 1 is 1.35 bits per heavy atom. The van der Waals surface area contributed by atoms with Gasteiger partial charge in [-0.3, -0.25) is 4.79 Å². The molecule has 0 aliphatic heterocycles. The molecule has 1 saturated carbocycles. The van der Waals surface area contributed by atoms with Crippen LogP contribution in [0.3, 0.4) is 0 Å². The molecule has 2 rings (SSSR count). The van der Waals surface area contributed by atoms with Gasteiger partial charge in [-0.2, -0.15) is 0 Å². The predicted molar refractivity (Wildman–Crippen MR) is 65.8 cm³/mol. The lowest BCUT2D eigenvalue weighted by Gasteiger charge is -2.28. The number of nitrogens with zero attached hydrogens (tertiary/aromatic N) is 2. The number of amides is 1. The molecule has 0 unspecified atom stereocenters. The Kier molecular flexibility index (Phi) is 3.78. The molecular weight excluding hydrogens is 216 g/mol. The fourth-order valence-corrected chi connectivity index (χ4v) is 2.32. The van der Waals surface area contributed by atoms with Crippen molar-refractivity contribution in [3.05, 3.63) is 18.2 Å². The average Bonchev–Trinajstić information content (AvgIpc) is 2.77. The van der Waals surface area contributed by atoms with Crippen LogP contribution in [-0.2, 0) is 7.05 Å². The van der Waals surface area contributed by atoms with E-state index in [1.54, 1.807) is 17.1 Å². The molecule has 94 valence electrons. The molecule has 1 heterocycles. The second-order valence-electron chi connectivity index (χ2n) is 4.74. The lowest BCUT2D eigenvalue weighted by Crippen LogP contribution is -2.41. The highest BCUT2D eigenvalue weighted by Crippen LogP contribution is 2.18. The van der Waals surface area contributed by atoms with Gasteiger partial charge in [-0.1, -0.05) is 0 Å². The molecule has 0 saturated heterocycles. The summed E-state index contributed by atoms with van der Waals surface area (Å²) in [6, 6.07) is 0.909. The number of hydrogen-bond acceptors (Lipinski definition) is 3. The fourth-order valence-electron chi connectivity index (χ4n) is 2.32. The summed E-state index contributed by atoms with van der Waals surface area (Å²) in [5.74, 6) is -0.0569. The van der Waals surface area contributed by atoms with Crippen LogP contribution in [0.4, 0.5) is 0 Å². The maximum absolute atomic E-state index is 11.9. The Morgan fingerprint density at radius 2 is 2.00 bits per heavy atom. The number of carbonyl (C=O) groups is 1. The van der Waals surface area contributed by atoms with Crippen molar-refractivity contribution in [1.82, 2.24) is 20.2 Å². The smallest absolute Gasteiger partial charge is 0.271 e. The molecule has 0 aromatic carbocycles. The molecule has 5 heteroatoms. The summed E-state index contributed by atoms with van der Waals surface area (Å²) < 4.78 is 1.78.